The van der Waals surface area contributed by atoms with Crippen LogP contribution in [0.3, 0.4) is 0 Å². The number of anilines is 1. The standard InChI is InChI=1S/C20H26N2O3S/c1-13(2)18-8-6-7-15(4)20(18)22-19(23)12-21-26(24,25)17-10-9-14(3)16(5)11-17/h6-11,13,21H,12H2,1-5H3,(H,22,23). The lowest BCUT2D eigenvalue weighted by molar-refractivity contribution is -0.115. The van der Waals surface area contributed by atoms with Gasteiger partial charge in [-0.25, -0.2) is 13.1 Å². The molecule has 0 aliphatic carbocycles. The lowest BCUT2D eigenvalue weighted by Crippen LogP contribution is -2.33. The summed E-state index contributed by atoms with van der Waals surface area (Å²) in [5, 5.41) is 2.84. The maximum atomic E-state index is 12.4. The van der Waals surface area contributed by atoms with E-state index in [0.717, 1.165) is 27.9 Å². The molecule has 0 saturated carbocycles. The molecular weight excluding hydrogens is 348 g/mol. The van der Waals surface area contributed by atoms with Gasteiger partial charge in [0.1, 0.15) is 0 Å². The van der Waals surface area contributed by atoms with E-state index >= 15 is 0 Å². The molecule has 0 aliphatic rings. The van der Waals surface area contributed by atoms with Crippen LogP contribution in [-0.2, 0) is 14.8 Å². The topological polar surface area (TPSA) is 75.3 Å². The van der Waals surface area contributed by atoms with Crippen molar-refractivity contribution in [3.63, 3.8) is 0 Å². The fourth-order valence-corrected chi connectivity index (χ4v) is 3.72. The minimum absolute atomic E-state index is 0.159. The Labute approximate surface area is 155 Å². The molecule has 2 rings (SSSR count). The van der Waals surface area contributed by atoms with Crippen LogP contribution in [0.15, 0.2) is 41.3 Å². The Bertz CT molecular complexity index is 919. The minimum Gasteiger partial charge on any atom is -0.324 e. The first-order chi connectivity index (χ1) is 12.1. The molecule has 2 aromatic rings. The second kappa shape index (κ2) is 8.01. The first-order valence-electron chi connectivity index (χ1n) is 8.58. The van der Waals surface area contributed by atoms with E-state index in [2.05, 4.69) is 10.0 Å². The second-order valence-corrected chi connectivity index (χ2v) is 8.58. The highest BCUT2D eigenvalue weighted by atomic mass is 32.2. The highest BCUT2D eigenvalue weighted by Crippen LogP contribution is 2.27. The molecule has 0 fully saturated rings. The van der Waals surface area contributed by atoms with Gasteiger partial charge in [-0.2, -0.15) is 0 Å². The molecule has 0 radical (unpaired) electrons. The fraction of sp³-hybridized carbons (Fsp3) is 0.350. The predicted molar refractivity (Wildman–Crippen MR) is 105 cm³/mol. The average molecular weight is 375 g/mol. The molecule has 26 heavy (non-hydrogen) atoms. The Kier molecular flexibility index (Phi) is 6.21. The van der Waals surface area contributed by atoms with Crippen LogP contribution < -0.4 is 10.0 Å². The first kappa shape index (κ1) is 20.1. The Morgan fingerprint density at radius 1 is 1.00 bits per heavy atom. The van der Waals surface area contributed by atoms with E-state index in [1.165, 1.54) is 0 Å². The Morgan fingerprint density at radius 3 is 2.31 bits per heavy atom. The van der Waals surface area contributed by atoms with Crippen LogP contribution in [0.2, 0.25) is 0 Å². The van der Waals surface area contributed by atoms with Crippen LogP contribution in [-0.4, -0.2) is 20.9 Å². The van der Waals surface area contributed by atoms with Gasteiger partial charge in [0, 0.05) is 5.69 Å². The third-order valence-corrected chi connectivity index (χ3v) is 5.80. The molecule has 0 aromatic heterocycles. The molecule has 0 unspecified atom stereocenters. The Morgan fingerprint density at radius 2 is 1.69 bits per heavy atom. The van der Waals surface area contributed by atoms with Crippen molar-refractivity contribution in [3.05, 3.63) is 58.7 Å². The Hall–Kier alpha value is -2.18. The molecule has 6 heteroatoms. The van der Waals surface area contributed by atoms with Gasteiger partial charge in [0.15, 0.2) is 0 Å². The van der Waals surface area contributed by atoms with Crippen LogP contribution in [0.5, 0.6) is 0 Å². The van der Waals surface area contributed by atoms with Crippen molar-refractivity contribution < 1.29 is 13.2 Å². The molecule has 0 spiro atoms. The van der Waals surface area contributed by atoms with E-state index in [1.54, 1.807) is 18.2 Å². The van der Waals surface area contributed by atoms with Gasteiger partial charge < -0.3 is 5.32 Å². The van der Waals surface area contributed by atoms with Gasteiger partial charge in [-0.3, -0.25) is 4.79 Å². The van der Waals surface area contributed by atoms with Crippen molar-refractivity contribution in [1.29, 1.82) is 0 Å². The molecule has 0 bridgehead atoms. The third-order valence-electron chi connectivity index (χ3n) is 4.40. The number of nitrogens with one attached hydrogen (secondary N) is 2. The second-order valence-electron chi connectivity index (χ2n) is 6.81. The zero-order valence-corrected chi connectivity index (χ0v) is 16.7. The van der Waals surface area contributed by atoms with Crippen LogP contribution in [0, 0.1) is 20.8 Å². The van der Waals surface area contributed by atoms with E-state index in [9.17, 15) is 13.2 Å². The van der Waals surface area contributed by atoms with Gasteiger partial charge in [-0.05, 0) is 61.1 Å². The maximum absolute atomic E-state index is 12.4. The molecule has 2 aromatic carbocycles. The van der Waals surface area contributed by atoms with Crippen molar-refractivity contribution in [2.45, 2.75) is 45.4 Å². The zero-order chi connectivity index (χ0) is 19.5. The van der Waals surface area contributed by atoms with Gasteiger partial charge in [0.2, 0.25) is 15.9 Å². The quantitative estimate of drug-likeness (QED) is 0.810. The number of para-hydroxylation sites is 1. The highest BCUT2D eigenvalue weighted by Gasteiger charge is 2.17. The number of hydrogen-bond acceptors (Lipinski definition) is 3. The van der Waals surface area contributed by atoms with Crippen molar-refractivity contribution >= 4 is 21.6 Å². The molecule has 140 valence electrons. The number of hydrogen-bond donors (Lipinski definition) is 2. The third kappa shape index (κ3) is 4.71. The monoisotopic (exact) mass is 374 g/mol. The molecular formula is C20H26N2O3S. The average Bonchev–Trinajstić information content (AvgIpc) is 2.57. The van der Waals surface area contributed by atoms with Gasteiger partial charge in [-0.1, -0.05) is 38.1 Å². The number of amides is 1. The van der Waals surface area contributed by atoms with E-state index in [-0.39, 0.29) is 17.4 Å². The number of benzene rings is 2. The highest BCUT2D eigenvalue weighted by molar-refractivity contribution is 7.89. The summed E-state index contributed by atoms with van der Waals surface area (Å²) in [6.07, 6.45) is 0. The van der Waals surface area contributed by atoms with E-state index < -0.39 is 15.9 Å². The number of carbonyl (C=O) groups excluding carboxylic acids is 1. The van der Waals surface area contributed by atoms with Gasteiger partial charge in [-0.15, -0.1) is 0 Å². The maximum Gasteiger partial charge on any atom is 0.241 e. The molecule has 0 saturated heterocycles. The number of aryl methyl sites for hydroxylation is 3. The largest absolute Gasteiger partial charge is 0.324 e. The summed E-state index contributed by atoms with van der Waals surface area (Å²) < 4.78 is 27.2. The summed E-state index contributed by atoms with van der Waals surface area (Å²) in [4.78, 5) is 12.5. The zero-order valence-electron chi connectivity index (χ0n) is 15.9. The van der Waals surface area contributed by atoms with Crippen LogP contribution >= 0.6 is 0 Å². The summed E-state index contributed by atoms with van der Waals surface area (Å²) in [5.41, 5.74) is 4.62. The lowest BCUT2D eigenvalue weighted by atomic mass is 9.98. The van der Waals surface area contributed by atoms with Crippen molar-refractivity contribution in [2.75, 3.05) is 11.9 Å². The van der Waals surface area contributed by atoms with Crippen LogP contribution in [0.4, 0.5) is 5.69 Å². The number of rotatable bonds is 6. The molecule has 5 nitrogen and oxygen atoms in total. The van der Waals surface area contributed by atoms with Gasteiger partial charge in [0.25, 0.3) is 0 Å². The summed E-state index contributed by atoms with van der Waals surface area (Å²) >= 11 is 0. The fourth-order valence-electron chi connectivity index (χ4n) is 2.65. The van der Waals surface area contributed by atoms with E-state index in [1.807, 2.05) is 52.8 Å². The van der Waals surface area contributed by atoms with E-state index in [0.29, 0.717) is 0 Å². The van der Waals surface area contributed by atoms with Crippen LogP contribution in [0.25, 0.3) is 0 Å². The number of sulfonamides is 1. The number of carbonyl (C=O) groups is 1. The van der Waals surface area contributed by atoms with Crippen molar-refractivity contribution in [1.82, 2.24) is 4.72 Å². The van der Waals surface area contributed by atoms with Gasteiger partial charge in [0.05, 0.1) is 11.4 Å². The molecule has 0 aliphatic heterocycles. The molecule has 0 atom stereocenters. The summed E-state index contributed by atoms with van der Waals surface area (Å²) in [5.74, 6) is -0.147. The molecule has 1 amide bonds. The Balaban J connectivity index is 2.11. The van der Waals surface area contributed by atoms with Gasteiger partial charge >= 0.3 is 0 Å². The summed E-state index contributed by atoms with van der Waals surface area (Å²) in [7, 11) is -3.73. The van der Waals surface area contributed by atoms with Crippen molar-refractivity contribution in [2.24, 2.45) is 0 Å². The SMILES string of the molecule is Cc1ccc(S(=O)(=O)NCC(=O)Nc2c(C)cccc2C(C)C)cc1C. The van der Waals surface area contributed by atoms with E-state index in [4.69, 9.17) is 0 Å². The smallest absolute Gasteiger partial charge is 0.241 e. The first-order valence-corrected chi connectivity index (χ1v) is 10.1. The predicted octanol–water partition coefficient (Wildman–Crippen LogP) is 3.65. The lowest BCUT2D eigenvalue weighted by Gasteiger charge is -2.16. The minimum atomic E-state index is -3.73. The molecule has 2 N–H and O–H groups in total. The van der Waals surface area contributed by atoms with Crippen LogP contribution in [0.1, 0.15) is 42.0 Å². The van der Waals surface area contributed by atoms with Crippen molar-refractivity contribution in [3.8, 4) is 0 Å². The summed E-state index contributed by atoms with van der Waals surface area (Å²) in [6, 6.07) is 10.7. The normalized spacial score (nSPS) is 11.6. The summed E-state index contributed by atoms with van der Waals surface area (Å²) in [6.45, 7) is 9.47. The molecule has 0 heterocycles.